The monoisotopic (exact) mass is 392 g/mol. The maximum absolute atomic E-state index is 12.5. The molecule has 0 fully saturated rings. The topological polar surface area (TPSA) is 102 Å². The highest BCUT2D eigenvalue weighted by atomic mass is 16.5. The number of ether oxygens (including phenoxy) is 2. The third kappa shape index (κ3) is 5.07. The van der Waals surface area contributed by atoms with Crippen molar-refractivity contribution in [2.45, 2.75) is 6.92 Å². The van der Waals surface area contributed by atoms with Gasteiger partial charge >= 0.3 is 5.97 Å². The van der Waals surface area contributed by atoms with Crippen molar-refractivity contribution < 1.29 is 19.1 Å². The van der Waals surface area contributed by atoms with Crippen molar-refractivity contribution in [3.8, 4) is 5.75 Å². The molecule has 8 nitrogen and oxygen atoms in total. The number of methoxy groups -OCH3 is 1. The van der Waals surface area contributed by atoms with E-state index in [1.807, 2.05) is 24.3 Å². The summed E-state index contributed by atoms with van der Waals surface area (Å²) in [6, 6.07) is 17.1. The van der Waals surface area contributed by atoms with Gasteiger partial charge in [0.15, 0.2) is 11.5 Å². The van der Waals surface area contributed by atoms with E-state index in [0.29, 0.717) is 17.3 Å². The molecule has 3 aromatic rings. The zero-order chi connectivity index (χ0) is 20.6. The van der Waals surface area contributed by atoms with Crippen LogP contribution in [0.25, 0.3) is 0 Å². The third-order valence-corrected chi connectivity index (χ3v) is 3.91. The fourth-order valence-corrected chi connectivity index (χ4v) is 2.53. The van der Waals surface area contributed by atoms with Gasteiger partial charge in [0.05, 0.1) is 25.0 Å². The molecule has 2 aromatic carbocycles. The number of anilines is 3. The van der Waals surface area contributed by atoms with E-state index in [1.54, 1.807) is 44.4 Å². The number of amides is 1. The first-order valence-corrected chi connectivity index (χ1v) is 8.93. The van der Waals surface area contributed by atoms with E-state index < -0.39 is 11.9 Å². The van der Waals surface area contributed by atoms with Crippen LogP contribution in [0.3, 0.4) is 0 Å². The SMILES string of the molecule is CCOC(=O)c1ccccc1NC(=O)c1ccc(Nc2cccc(OC)c2)nn1. The van der Waals surface area contributed by atoms with Crippen molar-refractivity contribution in [2.75, 3.05) is 24.4 Å². The summed E-state index contributed by atoms with van der Waals surface area (Å²) in [5, 5.41) is 13.7. The molecule has 0 atom stereocenters. The molecule has 2 N–H and O–H groups in total. The largest absolute Gasteiger partial charge is 0.497 e. The van der Waals surface area contributed by atoms with E-state index in [2.05, 4.69) is 20.8 Å². The Morgan fingerprint density at radius 2 is 1.83 bits per heavy atom. The fourth-order valence-electron chi connectivity index (χ4n) is 2.53. The molecule has 1 amide bonds. The second kappa shape index (κ2) is 9.32. The summed E-state index contributed by atoms with van der Waals surface area (Å²) >= 11 is 0. The number of rotatable bonds is 7. The summed E-state index contributed by atoms with van der Waals surface area (Å²) in [7, 11) is 1.59. The number of para-hydroxylation sites is 1. The number of hydrogen-bond acceptors (Lipinski definition) is 7. The quantitative estimate of drug-likeness (QED) is 0.592. The highest BCUT2D eigenvalue weighted by Gasteiger charge is 2.16. The minimum absolute atomic E-state index is 0.111. The van der Waals surface area contributed by atoms with Gasteiger partial charge in [0, 0.05) is 11.8 Å². The Bertz CT molecular complexity index is 1010. The number of nitrogens with zero attached hydrogens (tertiary/aromatic N) is 2. The Balaban J connectivity index is 1.70. The highest BCUT2D eigenvalue weighted by Crippen LogP contribution is 2.20. The van der Waals surface area contributed by atoms with Gasteiger partial charge in [-0.15, -0.1) is 10.2 Å². The molecule has 0 radical (unpaired) electrons. The molecule has 148 valence electrons. The molecule has 0 bridgehead atoms. The molecule has 29 heavy (non-hydrogen) atoms. The number of nitrogens with one attached hydrogen (secondary N) is 2. The summed E-state index contributed by atoms with van der Waals surface area (Å²) in [4.78, 5) is 24.5. The first-order chi connectivity index (χ1) is 14.1. The number of esters is 1. The molecule has 0 aliphatic rings. The van der Waals surface area contributed by atoms with E-state index in [1.165, 1.54) is 6.07 Å². The molecule has 0 aliphatic carbocycles. The zero-order valence-electron chi connectivity index (χ0n) is 16.0. The van der Waals surface area contributed by atoms with Gasteiger partial charge in [0.2, 0.25) is 0 Å². The highest BCUT2D eigenvalue weighted by molar-refractivity contribution is 6.07. The Morgan fingerprint density at radius 1 is 1.00 bits per heavy atom. The first kappa shape index (κ1) is 19.8. The van der Waals surface area contributed by atoms with Crippen LogP contribution in [0.5, 0.6) is 5.75 Å². The van der Waals surface area contributed by atoms with E-state index in [4.69, 9.17) is 9.47 Å². The van der Waals surface area contributed by atoms with Crippen molar-refractivity contribution >= 4 is 29.1 Å². The lowest BCUT2D eigenvalue weighted by atomic mass is 10.1. The molecule has 0 spiro atoms. The van der Waals surface area contributed by atoms with Gasteiger partial charge in [-0.3, -0.25) is 4.79 Å². The van der Waals surface area contributed by atoms with Gasteiger partial charge in [0.25, 0.3) is 5.91 Å². The number of benzene rings is 2. The van der Waals surface area contributed by atoms with Crippen LogP contribution in [0.1, 0.15) is 27.8 Å². The number of carbonyl (C=O) groups is 2. The molecule has 1 aromatic heterocycles. The van der Waals surface area contributed by atoms with Gasteiger partial charge in [-0.2, -0.15) is 0 Å². The van der Waals surface area contributed by atoms with Crippen LogP contribution in [0, 0.1) is 0 Å². The van der Waals surface area contributed by atoms with E-state index in [9.17, 15) is 9.59 Å². The van der Waals surface area contributed by atoms with Crippen LogP contribution >= 0.6 is 0 Å². The van der Waals surface area contributed by atoms with Gasteiger partial charge in [-0.1, -0.05) is 18.2 Å². The number of aromatic nitrogens is 2. The Labute approximate surface area is 167 Å². The lowest BCUT2D eigenvalue weighted by Crippen LogP contribution is -2.17. The van der Waals surface area contributed by atoms with Crippen molar-refractivity contribution in [3.05, 3.63) is 71.9 Å². The maximum atomic E-state index is 12.5. The van der Waals surface area contributed by atoms with Crippen molar-refractivity contribution in [3.63, 3.8) is 0 Å². The predicted molar refractivity (Wildman–Crippen MR) is 109 cm³/mol. The Hall–Kier alpha value is -3.94. The maximum Gasteiger partial charge on any atom is 0.340 e. The van der Waals surface area contributed by atoms with Gasteiger partial charge in [0.1, 0.15) is 5.75 Å². The molecule has 8 heteroatoms. The molecule has 0 aliphatic heterocycles. The fraction of sp³-hybridized carbons (Fsp3) is 0.143. The van der Waals surface area contributed by atoms with Crippen molar-refractivity contribution in [1.29, 1.82) is 0 Å². The molecule has 3 rings (SSSR count). The normalized spacial score (nSPS) is 10.1. The van der Waals surface area contributed by atoms with Gasteiger partial charge in [-0.25, -0.2) is 4.79 Å². The Kier molecular flexibility index (Phi) is 6.36. The van der Waals surface area contributed by atoms with Crippen molar-refractivity contribution in [2.24, 2.45) is 0 Å². The average Bonchev–Trinajstić information content (AvgIpc) is 2.75. The summed E-state index contributed by atoms with van der Waals surface area (Å²) < 4.78 is 10.2. The molecular weight excluding hydrogens is 372 g/mol. The zero-order valence-corrected chi connectivity index (χ0v) is 16.0. The first-order valence-electron chi connectivity index (χ1n) is 8.93. The smallest absolute Gasteiger partial charge is 0.340 e. The van der Waals surface area contributed by atoms with Crippen LogP contribution in [-0.4, -0.2) is 35.8 Å². The predicted octanol–water partition coefficient (Wildman–Crippen LogP) is 3.66. The van der Waals surface area contributed by atoms with Crippen LogP contribution in [0.4, 0.5) is 17.2 Å². The third-order valence-electron chi connectivity index (χ3n) is 3.91. The lowest BCUT2D eigenvalue weighted by molar-refractivity contribution is 0.0527. The van der Waals surface area contributed by atoms with Gasteiger partial charge < -0.3 is 20.1 Å². The summed E-state index contributed by atoms with van der Waals surface area (Å²) in [5.41, 5.74) is 1.50. The second-order valence-electron chi connectivity index (χ2n) is 5.88. The minimum Gasteiger partial charge on any atom is -0.497 e. The standard InChI is InChI=1S/C21H20N4O4/c1-3-29-21(27)16-9-4-5-10-17(16)23-20(26)18-11-12-19(25-24-18)22-14-7-6-8-15(13-14)28-2/h4-13H,3H2,1-2H3,(H,22,25)(H,23,26). The van der Waals surface area contributed by atoms with Crippen LogP contribution < -0.4 is 15.4 Å². The molecule has 1 heterocycles. The lowest BCUT2D eigenvalue weighted by Gasteiger charge is -2.10. The van der Waals surface area contributed by atoms with Gasteiger partial charge in [-0.05, 0) is 43.3 Å². The summed E-state index contributed by atoms with van der Waals surface area (Å²) in [6.45, 7) is 1.96. The van der Waals surface area contributed by atoms with Crippen LogP contribution in [-0.2, 0) is 4.74 Å². The second-order valence-corrected chi connectivity index (χ2v) is 5.88. The Morgan fingerprint density at radius 3 is 2.55 bits per heavy atom. The number of hydrogen-bond donors (Lipinski definition) is 2. The van der Waals surface area contributed by atoms with Crippen LogP contribution in [0.15, 0.2) is 60.7 Å². The minimum atomic E-state index is -0.507. The van der Waals surface area contributed by atoms with E-state index in [-0.39, 0.29) is 17.9 Å². The number of carbonyl (C=O) groups excluding carboxylic acids is 2. The molecule has 0 unspecified atom stereocenters. The molecule has 0 saturated heterocycles. The molecule has 0 saturated carbocycles. The average molecular weight is 392 g/mol. The van der Waals surface area contributed by atoms with Crippen molar-refractivity contribution in [1.82, 2.24) is 10.2 Å². The van der Waals surface area contributed by atoms with Crippen LogP contribution in [0.2, 0.25) is 0 Å². The molecular formula is C21H20N4O4. The van der Waals surface area contributed by atoms with E-state index in [0.717, 1.165) is 5.69 Å². The summed E-state index contributed by atoms with van der Waals surface area (Å²) in [5.74, 6) is 0.190. The summed E-state index contributed by atoms with van der Waals surface area (Å²) in [6.07, 6.45) is 0. The van der Waals surface area contributed by atoms with E-state index >= 15 is 0 Å².